The molecule has 0 bridgehead atoms. The van der Waals surface area contributed by atoms with Crippen LogP contribution in [-0.4, -0.2) is 46.5 Å². The number of aryl methyl sites for hydroxylation is 2. The third-order valence-corrected chi connectivity index (χ3v) is 3.65. The van der Waals surface area contributed by atoms with E-state index < -0.39 is 5.97 Å². The van der Waals surface area contributed by atoms with Gasteiger partial charge in [-0.25, -0.2) is 9.78 Å². The number of amides is 1. The second-order valence-corrected chi connectivity index (χ2v) is 5.37. The third kappa shape index (κ3) is 3.71. The fourth-order valence-electron chi connectivity index (χ4n) is 2.65. The Hall–Kier alpha value is -2.11. The number of anilines is 1. The first kappa shape index (κ1) is 15.3. The summed E-state index contributed by atoms with van der Waals surface area (Å²) in [6.45, 7) is 5.63. The molecule has 1 aromatic heterocycles. The summed E-state index contributed by atoms with van der Waals surface area (Å²) in [6, 6.07) is 1.74. The lowest BCUT2D eigenvalue weighted by molar-refractivity contribution is -0.129. The molecule has 1 aliphatic rings. The molecule has 2 rings (SSSR count). The van der Waals surface area contributed by atoms with E-state index in [4.69, 9.17) is 0 Å². The number of aromatic nitrogens is 1. The number of likely N-dealkylation sites (tertiary alicyclic amines) is 1. The van der Waals surface area contributed by atoms with Gasteiger partial charge in [0, 0.05) is 31.7 Å². The molecule has 0 radical (unpaired) electrons. The molecule has 1 aromatic rings. The second-order valence-electron chi connectivity index (χ2n) is 5.37. The molecular weight excluding hydrogens is 270 g/mol. The number of nitrogens with zero attached hydrogens (tertiary/aromatic N) is 2. The maximum Gasteiger partial charge on any atom is 0.339 e. The minimum Gasteiger partial charge on any atom is -0.478 e. The SMILES string of the molecule is Cc1cc(C)c(C(=O)O)c(NCCC(=O)N2CCCC2)n1. The smallest absolute Gasteiger partial charge is 0.339 e. The van der Waals surface area contributed by atoms with E-state index in [0.717, 1.165) is 31.6 Å². The summed E-state index contributed by atoms with van der Waals surface area (Å²) in [7, 11) is 0. The van der Waals surface area contributed by atoms with E-state index in [1.54, 1.807) is 13.0 Å². The Morgan fingerprint density at radius 1 is 1.33 bits per heavy atom. The number of carbonyl (C=O) groups excluding carboxylic acids is 1. The van der Waals surface area contributed by atoms with Gasteiger partial charge < -0.3 is 15.3 Å². The Morgan fingerprint density at radius 2 is 2.00 bits per heavy atom. The largest absolute Gasteiger partial charge is 0.478 e. The fraction of sp³-hybridized carbons (Fsp3) is 0.533. The van der Waals surface area contributed by atoms with Crippen LogP contribution in [0, 0.1) is 13.8 Å². The quantitative estimate of drug-likeness (QED) is 0.864. The molecule has 2 N–H and O–H groups in total. The van der Waals surface area contributed by atoms with Gasteiger partial charge in [-0.15, -0.1) is 0 Å². The minimum absolute atomic E-state index is 0.112. The van der Waals surface area contributed by atoms with E-state index in [0.29, 0.717) is 24.3 Å². The lowest BCUT2D eigenvalue weighted by Gasteiger charge is -2.16. The number of carboxylic acids is 1. The van der Waals surface area contributed by atoms with E-state index in [1.165, 1.54) is 0 Å². The average Bonchev–Trinajstić information content (AvgIpc) is 2.91. The first-order valence-electron chi connectivity index (χ1n) is 7.22. The molecule has 6 nitrogen and oxygen atoms in total. The number of hydrogen-bond acceptors (Lipinski definition) is 4. The molecule has 0 spiro atoms. The summed E-state index contributed by atoms with van der Waals surface area (Å²) in [5, 5.41) is 12.3. The van der Waals surface area contributed by atoms with E-state index in [-0.39, 0.29) is 11.5 Å². The van der Waals surface area contributed by atoms with Gasteiger partial charge in [-0.2, -0.15) is 0 Å². The monoisotopic (exact) mass is 291 g/mol. The van der Waals surface area contributed by atoms with Gasteiger partial charge in [-0.05, 0) is 38.3 Å². The standard InChI is InChI=1S/C15H21N3O3/c1-10-9-11(2)17-14(13(10)15(20)21)16-6-5-12(19)18-7-3-4-8-18/h9H,3-8H2,1-2H3,(H,16,17)(H,20,21). The van der Waals surface area contributed by atoms with Gasteiger partial charge in [0.2, 0.25) is 5.91 Å². The lowest BCUT2D eigenvalue weighted by Crippen LogP contribution is -2.29. The van der Waals surface area contributed by atoms with Crippen LogP contribution in [0.1, 0.15) is 40.9 Å². The molecule has 0 saturated carbocycles. The molecular formula is C15H21N3O3. The van der Waals surface area contributed by atoms with Gasteiger partial charge in [0.05, 0.1) is 0 Å². The van der Waals surface area contributed by atoms with Gasteiger partial charge in [-0.3, -0.25) is 4.79 Å². The number of pyridine rings is 1. The van der Waals surface area contributed by atoms with E-state index in [9.17, 15) is 14.7 Å². The Balaban J connectivity index is 1.99. The predicted molar refractivity (Wildman–Crippen MR) is 79.6 cm³/mol. The van der Waals surface area contributed by atoms with Crippen LogP contribution in [-0.2, 0) is 4.79 Å². The van der Waals surface area contributed by atoms with Gasteiger partial charge in [0.1, 0.15) is 11.4 Å². The molecule has 21 heavy (non-hydrogen) atoms. The molecule has 114 valence electrons. The van der Waals surface area contributed by atoms with Crippen molar-refractivity contribution in [1.29, 1.82) is 0 Å². The van der Waals surface area contributed by atoms with Gasteiger partial charge >= 0.3 is 5.97 Å². The molecule has 0 unspecified atom stereocenters. The van der Waals surface area contributed by atoms with Crippen molar-refractivity contribution in [1.82, 2.24) is 9.88 Å². The normalized spacial score (nSPS) is 14.3. The maximum atomic E-state index is 11.9. The zero-order valence-electron chi connectivity index (χ0n) is 12.5. The lowest BCUT2D eigenvalue weighted by atomic mass is 10.1. The van der Waals surface area contributed by atoms with Crippen LogP contribution < -0.4 is 5.32 Å². The van der Waals surface area contributed by atoms with Crippen molar-refractivity contribution < 1.29 is 14.7 Å². The minimum atomic E-state index is -1.01. The number of nitrogens with one attached hydrogen (secondary N) is 1. The van der Waals surface area contributed by atoms with Crippen LogP contribution in [0.2, 0.25) is 0 Å². The van der Waals surface area contributed by atoms with E-state index in [1.807, 2.05) is 11.8 Å². The number of carboxylic acid groups (broad SMARTS) is 1. The van der Waals surface area contributed by atoms with Crippen LogP contribution in [0.15, 0.2) is 6.07 Å². The number of rotatable bonds is 5. The predicted octanol–water partition coefficient (Wildman–Crippen LogP) is 1.82. The Morgan fingerprint density at radius 3 is 2.62 bits per heavy atom. The molecule has 0 atom stereocenters. The van der Waals surface area contributed by atoms with Gasteiger partial charge in [-0.1, -0.05) is 0 Å². The van der Waals surface area contributed by atoms with Crippen LogP contribution >= 0.6 is 0 Å². The topological polar surface area (TPSA) is 82.5 Å². The number of hydrogen-bond donors (Lipinski definition) is 2. The maximum absolute atomic E-state index is 11.9. The Labute approximate surface area is 124 Å². The molecule has 1 amide bonds. The highest BCUT2D eigenvalue weighted by atomic mass is 16.4. The van der Waals surface area contributed by atoms with Crippen LogP contribution in [0.5, 0.6) is 0 Å². The summed E-state index contributed by atoms with van der Waals surface area (Å²) in [5.41, 5.74) is 1.60. The molecule has 2 heterocycles. The van der Waals surface area contributed by atoms with Crippen molar-refractivity contribution in [3.8, 4) is 0 Å². The summed E-state index contributed by atoms with van der Waals surface area (Å²) >= 11 is 0. The molecule has 6 heteroatoms. The van der Waals surface area contributed by atoms with E-state index in [2.05, 4.69) is 10.3 Å². The Kier molecular flexibility index (Phi) is 4.77. The first-order valence-corrected chi connectivity index (χ1v) is 7.22. The highest BCUT2D eigenvalue weighted by Gasteiger charge is 2.19. The van der Waals surface area contributed by atoms with Crippen molar-refractivity contribution in [3.63, 3.8) is 0 Å². The van der Waals surface area contributed by atoms with Gasteiger partial charge in [0.15, 0.2) is 0 Å². The van der Waals surface area contributed by atoms with Crippen molar-refractivity contribution in [2.45, 2.75) is 33.1 Å². The van der Waals surface area contributed by atoms with Gasteiger partial charge in [0.25, 0.3) is 0 Å². The van der Waals surface area contributed by atoms with E-state index >= 15 is 0 Å². The highest BCUT2D eigenvalue weighted by Crippen LogP contribution is 2.19. The number of carbonyl (C=O) groups is 2. The van der Waals surface area contributed by atoms with Crippen molar-refractivity contribution in [2.75, 3.05) is 25.0 Å². The second kappa shape index (κ2) is 6.56. The summed E-state index contributed by atoms with van der Waals surface area (Å²) in [6.07, 6.45) is 2.50. The molecule has 1 saturated heterocycles. The Bertz CT molecular complexity index is 551. The third-order valence-electron chi connectivity index (χ3n) is 3.65. The summed E-state index contributed by atoms with van der Waals surface area (Å²) in [5.74, 6) is -0.552. The summed E-state index contributed by atoms with van der Waals surface area (Å²) < 4.78 is 0. The molecule has 0 aromatic carbocycles. The van der Waals surface area contributed by atoms with Crippen molar-refractivity contribution in [3.05, 3.63) is 22.9 Å². The summed E-state index contributed by atoms with van der Waals surface area (Å²) in [4.78, 5) is 29.3. The zero-order valence-corrected chi connectivity index (χ0v) is 12.5. The average molecular weight is 291 g/mol. The van der Waals surface area contributed by atoms with Crippen LogP contribution in [0.4, 0.5) is 5.82 Å². The highest BCUT2D eigenvalue weighted by molar-refractivity contribution is 5.94. The van der Waals surface area contributed by atoms with Crippen LogP contribution in [0.3, 0.4) is 0 Å². The zero-order chi connectivity index (χ0) is 15.4. The number of aromatic carboxylic acids is 1. The first-order chi connectivity index (χ1) is 9.99. The molecule has 1 fully saturated rings. The van der Waals surface area contributed by atoms with Crippen LogP contribution in [0.25, 0.3) is 0 Å². The van der Waals surface area contributed by atoms with Crippen molar-refractivity contribution in [2.24, 2.45) is 0 Å². The van der Waals surface area contributed by atoms with Crippen molar-refractivity contribution >= 4 is 17.7 Å². The molecule has 0 aliphatic carbocycles. The molecule has 1 aliphatic heterocycles. The fourth-order valence-corrected chi connectivity index (χ4v) is 2.65.